The molecule has 0 rings (SSSR count). The lowest BCUT2D eigenvalue weighted by Gasteiger charge is -2.25. The Balaban J connectivity index is 5.06. The van der Waals surface area contributed by atoms with Gasteiger partial charge in [0.05, 0.1) is 0 Å². The molecule has 0 aliphatic carbocycles. The van der Waals surface area contributed by atoms with Gasteiger partial charge in [-0.1, -0.05) is 46.4 Å². The summed E-state index contributed by atoms with van der Waals surface area (Å²) >= 11 is 30.7. The zero-order valence-electron chi connectivity index (χ0n) is 5.90. The predicted octanol–water partition coefficient (Wildman–Crippen LogP) is 2.73. The van der Waals surface area contributed by atoms with Crippen molar-refractivity contribution in [2.45, 2.75) is 8.67 Å². The summed E-state index contributed by atoms with van der Waals surface area (Å²) in [5, 5.41) is 0. The molecule has 0 aromatic heterocycles. The first-order chi connectivity index (χ1) is 6.21. The van der Waals surface area contributed by atoms with Crippen molar-refractivity contribution < 1.29 is 18.2 Å². The van der Waals surface area contributed by atoms with E-state index in [0.29, 0.717) is 0 Å². The van der Waals surface area contributed by atoms with E-state index in [0.717, 1.165) is 0 Å². The van der Waals surface area contributed by atoms with E-state index >= 15 is 0 Å². The summed E-state index contributed by atoms with van der Waals surface area (Å²) in [6.45, 7) is 0. The maximum absolute atomic E-state index is 10.9. The number of hydrogen-bond donors (Lipinski definition) is 0. The molecular formula is C4Cl6O4. The standard InChI is InChI=1S/C4Cl6O4/c5-3(6,1(11)13-9)4(7,8)2(12)14-10. The van der Waals surface area contributed by atoms with Gasteiger partial charge in [-0.2, -0.15) is 0 Å². The molecule has 0 aliphatic rings. The number of hydrogen-bond acceptors (Lipinski definition) is 4. The van der Waals surface area contributed by atoms with Gasteiger partial charge < -0.3 is 8.58 Å². The molecule has 0 heterocycles. The lowest BCUT2D eigenvalue weighted by Crippen LogP contribution is -2.49. The second-order valence-corrected chi connectivity index (χ2v) is 4.84. The highest BCUT2D eigenvalue weighted by atomic mass is 35.5. The highest BCUT2D eigenvalue weighted by Crippen LogP contribution is 2.44. The van der Waals surface area contributed by atoms with Gasteiger partial charge in [-0.25, -0.2) is 9.59 Å². The Labute approximate surface area is 109 Å². The summed E-state index contributed by atoms with van der Waals surface area (Å²) in [5.74, 6) is -2.90. The van der Waals surface area contributed by atoms with E-state index in [-0.39, 0.29) is 0 Å². The minimum absolute atomic E-state index is 1.45. The number of halogens is 6. The zero-order valence-corrected chi connectivity index (χ0v) is 10.4. The smallest absolute Gasteiger partial charge is 0.344 e. The molecule has 0 atom stereocenters. The van der Waals surface area contributed by atoms with Gasteiger partial charge in [0.1, 0.15) is 23.7 Å². The Morgan fingerprint density at radius 3 is 1.14 bits per heavy atom. The molecule has 0 fully saturated rings. The van der Waals surface area contributed by atoms with Crippen LogP contribution in [0.25, 0.3) is 0 Å². The van der Waals surface area contributed by atoms with Crippen LogP contribution in [-0.2, 0) is 18.2 Å². The molecule has 0 radical (unpaired) electrons. The molecule has 0 saturated carbocycles. The van der Waals surface area contributed by atoms with Crippen LogP contribution in [0.5, 0.6) is 0 Å². The first-order valence-electron chi connectivity index (χ1n) is 2.63. The molecule has 4 nitrogen and oxygen atoms in total. The molecule has 10 heteroatoms. The summed E-state index contributed by atoms with van der Waals surface area (Å²) in [4.78, 5) is 21.7. The molecule has 0 amide bonds. The van der Waals surface area contributed by atoms with E-state index < -0.39 is 20.6 Å². The van der Waals surface area contributed by atoms with Crippen molar-refractivity contribution in [3.8, 4) is 0 Å². The van der Waals surface area contributed by atoms with Crippen molar-refractivity contribution >= 4 is 82.1 Å². The Morgan fingerprint density at radius 1 is 0.786 bits per heavy atom. The van der Waals surface area contributed by atoms with Crippen LogP contribution in [0.3, 0.4) is 0 Å². The third-order valence-electron chi connectivity index (χ3n) is 1.05. The summed E-state index contributed by atoms with van der Waals surface area (Å²) in [6.07, 6.45) is 0. The van der Waals surface area contributed by atoms with Crippen LogP contribution in [0.15, 0.2) is 0 Å². The van der Waals surface area contributed by atoms with Crippen molar-refractivity contribution in [2.24, 2.45) is 0 Å². The molecular weight excluding hydrogens is 325 g/mol. The average Bonchev–Trinajstić information content (AvgIpc) is 2.14. The normalized spacial score (nSPS) is 12.1. The van der Waals surface area contributed by atoms with Crippen molar-refractivity contribution in [3.05, 3.63) is 0 Å². The SMILES string of the molecule is O=C(OCl)C(Cl)(Cl)C(Cl)(Cl)C(=O)OCl. The van der Waals surface area contributed by atoms with Crippen molar-refractivity contribution in [2.75, 3.05) is 0 Å². The molecule has 0 aromatic carbocycles. The third-order valence-corrected chi connectivity index (χ3v) is 3.47. The van der Waals surface area contributed by atoms with Gasteiger partial charge >= 0.3 is 11.9 Å². The van der Waals surface area contributed by atoms with Gasteiger partial charge in [0, 0.05) is 0 Å². The Hall–Kier alpha value is 0.680. The van der Waals surface area contributed by atoms with Gasteiger partial charge in [0.25, 0.3) is 8.67 Å². The van der Waals surface area contributed by atoms with Crippen LogP contribution in [0.2, 0.25) is 0 Å². The van der Waals surface area contributed by atoms with Crippen LogP contribution in [-0.4, -0.2) is 20.6 Å². The monoisotopic (exact) mass is 322 g/mol. The van der Waals surface area contributed by atoms with E-state index in [1.54, 1.807) is 0 Å². The van der Waals surface area contributed by atoms with Crippen LogP contribution in [0.4, 0.5) is 0 Å². The second kappa shape index (κ2) is 5.14. The molecule has 14 heavy (non-hydrogen) atoms. The number of alkyl halides is 4. The van der Waals surface area contributed by atoms with Gasteiger partial charge in [-0.3, -0.25) is 0 Å². The lowest BCUT2D eigenvalue weighted by atomic mass is 10.3. The largest absolute Gasteiger partial charge is 0.364 e. The molecule has 0 saturated heterocycles. The van der Waals surface area contributed by atoms with Gasteiger partial charge in [0.2, 0.25) is 0 Å². The first kappa shape index (κ1) is 14.7. The summed E-state index contributed by atoms with van der Waals surface area (Å²) in [7, 11) is 0. The van der Waals surface area contributed by atoms with Gasteiger partial charge in [0.15, 0.2) is 0 Å². The number of rotatable bonds is 3. The summed E-state index contributed by atoms with van der Waals surface area (Å²) < 4.78 is 1.99. The fourth-order valence-electron chi connectivity index (χ4n) is 0.353. The van der Waals surface area contributed by atoms with E-state index in [2.05, 4.69) is 32.3 Å². The molecule has 0 aromatic rings. The minimum atomic E-state index is -2.65. The lowest BCUT2D eigenvalue weighted by molar-refractivity contribution is -0.141. The molecule has 82 valence electrons. The molecule has 0 spiro atoms. The van der Waals surface area contributed by atoms with E-state index in [4.69, 9.17) is 46.4 Å². The van der Waals surface area contributed by atoms with Crippen molar-refractivity contribution in [1.29, 1.82) is 0 Å². The fourth-order valence-corrected chi connectivity index (χ4v) is 1.21. The molecule has 0 aliphatic heterocycles. The maximum atomic E-state index is 10.9. The molecule has 0 bridgehead atoms. The summed E-state index contributed by atoms with van der Waals surface area (Å²) in [5.41, 5.74) is 0. The third kappa shape index (κ3) is 2.62. The van der Waals surface area contributed by atoms with Crippen LogP contribution in [0, 0.1) is 0 Å². The minimum Gasteiger partial charge on any atom is -0.344 e. The molecule has 0 N–H and O–H groups in total. The predicted molar refractivity (Wildman–Crippen MR) is 52.8 cm³/mol. The van der Waals surface area contributed by atoms with Crippen LogP contribution < -0.4 is 0 Å². The van der Waals surface area contributed by atoms with Crippen molar-refractivity contribution in [1.82, 2.24) is 0 Å². The van der Waals surface area contributed by atoms with Gasteiger partial charge in [-0.05, 0) is 0 Å². The fraction of sp³-hybridized carbons (Fsp3) is 0.500. The molecule has 0 unspecified atom stereocenters. The topological polar surface area (TPSA) is 52.6 Å². The van der Waals surface area contributed by atoms with E-state index in [1.807, 2.05) is 0 Å². The number of carbonyl (C=O) groups excluding carboxylic acids is 2. The summed E-state index contributed by atoms with van der Waals surface area (Å²) in [6, 6.07) is 0. The Bertz CT molecular complexity index is 224. The Kier molecular flexibility index (Phi) is 5.39. The van der Waals surface area contributed by atoms with Crippen LogP contribution >= 0.6 is 70.1 Å². The zero-order chi connectivity index (χ0) is 11.6. The number of carbonyl (C=O) groups is 2. The van der Waals surface area contributed by atoms with E-state index in [9.17, 15) is 9.59 Å². The highest BCUT2D eigenvalue weighted by Gasteiger charge is 2.61. The average molecular weight is 325 g/mol. The Morgan fingerprint density at radius 2 is 1.00 bits per heavy atom. The highest BCUT2D eigenvalue weighted by molar-refractivity contribution is 6.73. The maximum Gasteiger partial charge on any atom is 0.364 e. The van der Waals surface area contributed by atoms with Crippen LogP contribution in [0.1, 0.15) is 0 Å². The van der Waals surface area contributed by atoms with E-state index in [1.165, 1.54) is 0 Å². The van der Waals surface area contributed by atoms with Crippen molar-refractivity contribution in [3.63, 3.8) is 0 Å². The quantitative estimate of drug-likeness (QED) is 0.749. The first-order valence-corrected chi connectivity index (χ1v) is 4.76. The second-order valence-electron chi connectivity index (χ2n) is 1.88. The van der Waals surface area contributed by atoms with Gasteiger partial charge in [-0.15, -0.1) is 0 Å².